The van der Waals surface area contributed by atoms with Gasteiger partial charge in [-0.2, -0.15) is 18.2 Å². The van der Waals surface area contributed by atoms with Gasteiger partial charge in [0.25, 0.3) is 5.89 Å². The average Bonchev–Trinajstić information content (AvgIpc) is 3.18. The van der Waals surface area contributed by atoms with Crippen molar-refractivity contribution in [2.75, 3.05) is 0 Å². The van der Waals surface area contributed by atoms with Crippen LogP contribution in [-0.4, -0.2) is 15.1 Å². The van der Waals surface area contributed by atoms with E-state index in [2.05, 4.69) is 15.1 Å². The zero-order chi connectivity index (χ0) is 19.7. The van der Waals surface area contributed by atoms with Gasteiger partial charge in [0.2, 0.25) is 5.82 Å². The van der Waals surface area contributed by atoms with E-state index in [1.165, 1.54) is 6.07 Å². The SMILES string of the molecule is Cc1cncc(-c2noc(-c3ccc(-c4ccccc4)c(C(F)(F)F)c3)n2)c1. The molecule has 140 valence electrons. The van der Waals surface area contributed by atoms with Crippen LogP contribution in [0.25, 0.3) is 34.0 Å². The van der Waals surface area contributed by atoms with Gasteiger partial charge in [-0.05, 0) is 41.8 Å². The second kappa shape index (κ2) is 6.92. The minimum atomic E-state index is -4.52. The van der Waals surface area contributed by atoms with Crippen molar-refractivity contribution in [3.05, 3.63) is 78.1 Å². The van der Waals surface area contributed by atoms with Crippen molar-refractivity contribution in [3.63, 3.8) is 0 Å². The fourth-order valence-electron chi connectivity index (χ4n) is 2.92. The molecule has 0 atom stereocenters. The summed E-state index contributed by atoms with van der Waals surface area (Å²) in [5.74, 6) is 0.286. The number of alkyl halides is 3. The maximum Gasteiger partial charge on any atom is 0.417 e. The summed E-state index contributed by atoms with van der Waals surface area (Å²) in [6, 6.07) is 14.3. The summed E-state index contributed by atoms with van der Waals surface area (Å²) in [6.45, 7) is 1.87. The van der Waals surface area contributed by atoms with E-state index in [0.717, 1.165) is 11.6 Å². The van der Waals surface area contributed by atoms with E-state index in [1.807, 2.05) is 13.0 Å². The Morgan fingerprint density at radius 3 is 2.36 bits per heavy atom. The third-order valence-electron chi connectivity index (χ3n) is 4.22. The third-order valence-corrected chi connectivity index (χ3v) is 4.22. The molecule has 4 aromatic rings. The minimum Gasteiger partial charge on any atom is -0.334 e. The molecule has 7 heteroatoms. The lowest BCUT2D eigenvalue weighted by Gasteiger charge is -2.14. The fourth-order valence-corrected chi connectivity index (χ4v) is 2.92. The number of pyridine rings is 1. The molecule has 4 nitrogen and oxygen atoms in total. The molecule has 0 amide bonds. The zero-order valence-electron chi connectivity index (χ0n) is 14.7. The smallest absolute Gasteiger partial charge is 0.334 e. The van der Waals surface area contributed by atoms with Gasteiger partial charge >= 0.3 is 6.18 Å². The summed E-state index contributed by atoms with van der Waals surface area (Å²) in [6.07, 6.45) is -1.27. The first-order valence-electron chi connectivity index (χ1n) is 8.44. The molecule has 0 bridgehead atoms. The molecule has 0 radical (unpaired) electrons. The predicted molar refractivity (Wildman–Crippen MR) is 98.1 cm³/mol. The average molecular weight is 381 g/mol. The summed E-state index contributed by atoms with van der Waals surface area (Å²) < 4.78 is 46.2. The number of benzene rings is 2. The number of nitrogens with zero attached hydrogens (tertiary/aromatic N) is 3. The number of aryl methyl sites for hydroxylation is 1. The van der Waals surface area contributed by atoms with Crippen LogP contribution in [0.15, 0.2) is 71.5 Å². The van der Waals surface area contributed by atoms with Gasteiger partial charge in [-0.1, -0.05) is 41.6 Å². The molecular weight excluding hydrogens is 367 g/mol. The van der Waals surface area contributed by atoms with Crippen LogP contribution >= 0.6 is 0 Å². The molecule has 2 aromatic heterocycles. The van der Waals surface area contributed by atoms with E-state index in [1.54, 1.807) is 48.8 Å². The Labute approximate surface area is 158 Å². The van der Waals surface area contributed by atoms with E-state index in [9.17, 15) is 13.2 Å². The first kappa shape index (κ1) is 17.9. The van der Waals surface area contributed by atoms with Crippen LogP contribution < -0.4 is 0 Å². The first-order valence-corrected chi connectivity index (χ1v) is 8.44. The molecule has 0 aliphatic heterocycles. The highest BCUT2D eigenvalue weighted by molar-refractivity contribution is 5.72. The van der Waals surface area contributed by atoms with Crippen LogP contribution in [0.5, 0.6) is 0 Å². The summed E-state index contributed by atoms with van der Waals surface area (Å²) in [5, 5.41) is 3.87. The van der Waals surface area contributed by atoms with Crippen molar-refractivity contribution in [2.24, 2.45) is 0 Å². The molecule has 0 saturated heterocycles. The normalized spacial score (nSPS) is 11.6. The van der Waals surface area contributed by atoms with Gasteiger partial charge in [0.15, 0.2) is 0 Å². The Morgan fingerprint density at radius 1 is 0.857 bits per heavy atom. The van der Waals surface area contributed by atoms with Crippen LogP contribution in [0.1, 0.15) is 11.1 Å². The van der Waals surface area contributed by atoms with Gasteiger partial charge in [0.05, 0.1) is 5.56 Å². The van der Waals surface area contributed by atoms with Crippen molar-refractivity contribution in [1.29, 1.82) is 0 Å². The monoisotopic (exact) mass is 381 g/mol. The number of rotatable bonds is 3. The molecule has 0 aliphatic rings. The zero-order valence-corrected chi connectivity index (χ0v) is 14.7. The minimum absolute atomic E-state index is 0.0154. The molecule has 4 rings (SSSR count). The van der Waals surface area contributed by atoms with Crippen LogP contribution in [0.4, 0.5) is 13.2 Å². The van der Waals surface area contributed by atoms with Gasteiger partial charge < -0.3 is 4.52 Å². The third kappa shape index (κ3) is 3.51. The van der Waals surface area contributed by atoms with Crippen molar-refractivity contribution < 1.29 is 17.7 Å². The van der Waals surface area contributed by atoms with E-state index < -0.39 is 11.7 Å². The summed E-state index contributed by atoms with van der Waals surface area (Å²) in [7, 11) is 0. The van der Waals surface area contributed by atoms with E-state index >= 15 is 0 Å². The highest BCUT2D eigenvalue weighted by atomic mass is 19.4. The van der Waals surface area contributed by atoms with Gasteiger partial charge in [-0.3, -0.25) is 4.98 Å². The molecule has 0 saturated carbocycles. The lowest BCUT2D eigenvalue weighted by atomic mass is 9.97. The van der Waals surface area contributed by atoms with Crippen molar-refractivity contribution in [1.82, 2.24) is 15.1 Å². The Balaban J connectivity index is 1.77. The van der Waals surface area contributed by atoms with E-state index in [0.29, 0.717) is 11.1 Å². The van der Waals surface area contributed by atoms with Crippen LogP contribution in [-0.2, 0) is 6.18 Å². The fraction of sp³-hybridized carbons (Fsp3) is 0.0952. The molecule has 0 aliphatic carbocycles. The number of hydrogen-bond acceptors (Lipinski definition) is 4. The summed E-state index contributed by atoms with van der Waals surface area (Å²) in [4.78, 5) is 8.30. The second-order valence-electron chi connectivity index (χ2n) is 6.30. The summed E-state index contributed by atoms with van der Waals surface area (Å²) >= 11 is 0. The molecule has 28 heavy (non-hydrogen) atoms. The first-order chi connectivity index (χ1) is 13.4. The molecule has 0 N–H and O–H groups in total. The van der Waals surface area contributed by atoms with Gasteiger partial charge in [0.1, 0.15) is 0 Å². The topological polar surface area (TPSA) is 51.8 Å². The highest BCUT2D eigenvalue weighted by Crippen LogP contribution is 2.39. The van der Waals surface area contributed by atoms with Gasteiger partial charge in [-0.25, -0.2) is 0 Å². The molecular formula is C21H14F3N3O. The molecule has 0 spiro atoms. The molecule has 0 fully saturated rings. The number of aromatic nitrogens is 3. The van der Waals surface area contributed by atoms with Crippen molar-refractivity contribution in [2.45, 2.75) is 13.1 Å². The maximum absolute atomic E-state index is 13.7. The standard InChI is InChI=1S/C21H14F3N3O/c1-13-9-16(12-25-11-13)19-26-20(28-27-19)15-7-8-17(14-5-3-2-4-6-14)18(10-15)21(22,23)24/h2-12H,1H3. The van der Waals surface area contributed by atoms with E-state index in [4.69, 9.17) is 4.52 Å². The van der Waals surface area contributed by atoms with Crippen molar-refractivity contribution >= 4 is 0 Å². The molecule has 2 heterocycles. The largest absolute Gasteiger partial charge is 0.417 e. The van der Waals surface area contributed by atoms with Crippen LogP contribution in [0.2, 0.25) is 0 Å². The van der Waals surface area contributed by atoms with Crippen LogP contribution in [0, 0.1) is 6.92 Å². The Morgan fingerprint density at radius 2 is 1.64 bits per heavy atom. The lowest BCUT2D eigenvalue weighted by molar-refractivity contribution is -0.137. The Hall–Kier alpha value is -3.48. The number of hydrogen-bond donors (Lipinski definition) is 0. The highest BCUT2D eigenvalue weighted by Gasteiger charge is 2.34. The maximum atomic E-state index is 13.7. The number of halogens is 3. The second-order valence-corrected chi connectivity index (χ2v) is 6.30. The Bertz CT molecular complexity index is 1120. The van der Waals surface area contributed by atoms with E-state index in [-0.39, 0.29) is 22.8 Å². The molecule has 2 aromatic carbocycles. The van der Waals surface area contributed by atoms with Gasteiger partial charge in [-0.15, -0.1) is 0 Å². The lowest BCUT2D eigenvalue weighted by Crippen LogP contribution is -2.07. The Kier molecular flexibility index (Phi) is 4.43. The quantitative estimate of drug-likeness (QED) is 0.450. The predicted octanol–water partition coefficient (Wildman–Crippen LogP) is 5.79. The summed E-state index contributed by atoms with van der Waals surface area (Å²) in [5.41, 5.74) is 1.57. The van der Waals surface area contributed by atoms with Gasteiger partial charge in [0, 0.05) is 23.5 Å². The molecule has 0 unspecified atom stereocenters. The van der Waals surface area contributed by atoms with Crippen LogP contribution in [0.3, 0.4) is 0 Å². The van der Waals surface area contributed by atoms with Crippen molar-refractivity contribution in [3.8, 4) is 34.0 Å².